The average Bonchev–Trinajstić information content (AvgIpc) is 3.13. The van der Waals surface area contributed by atoms with Gasteiger partial charge in [-0.15, -0.1) is 0 Å². The molecule has 28 heavy (non-hydrogen) atoms. The number of carbonyl (C=O) groups is 1. The number of fused-ring (bicyclic) bond motifs is 1. The van der Waals surface area contributed by atoms with Crippen LogP contribution in [0.3, 0.4) is 0 Å². The van der Waals surface area contributed by atoms with Crippen molar-refractivity contribution in [2.75, 3.05) is 31.1 Å². The molecule has 4 nitrogen and oxygen atoms in total. The van der Waals surface area contributed by atoms with Gasteiger partial charge in [-0.1, -0.05) is 29.5 Å². The van der Waals surface area contributed by atoms with Crippen LogP contribution in [0.1, 0.15) is 21.5 Å². The number of benzene rings is 2. The minimum Gasteiger partial charge on any atom is -0.345 e. The quantitative estimate of drug-likeness (QED) is 0.626. The third-order valence-electron chi connectivity index (χ3n) is 4.88. The Kier molecular flexibility index (Phi) is 4.74. The molecule has 0 radical (unpaired) electrons. The number of alkyl halides is 3. The fraction of sp³-hybridized carbons (Fsp3) is 0.300. The van der Waals surface area contributed by atoms with Gasteiger partial charge in [-0.05, 0) is 36.8 Å². The molecule has 0 saturated carbocycles. The van der Waals surface area contributed by atoms with Crippen LogP contribution in [0.15, 0.2) is 42.5 Å². The van der Waals surface area contributed by atoms with Crippen LogP contribution in [0, 0.1) is 6.92 Å². The van der Waals surface area contributed by atoms with E-state index in [9.17, 15) is 18.0 Å². The first-order valence-corrected chi connectivity index (χ1v) is 9.72. The third-order valence-corrected chi connectivity index (χ3v) is 5.97. The predicted molar refractivity (Wildman–Crippen MR) is 104 cm³/mol. The summed E-state index contributed by atoms with van der Waals surface area (Å²) in [4.78, 5) is 21.1. The van der Waals surface area contributed by atoms with E-state index in [1.54, 1.807) is 16.2 Å². The first-order valence-electron chi connectivity index (χ1n) is 8.90. The highest BCUT2D eigenvalue weighted by Crippen LogP contribution is 2.32. The van der Waals surface area contributed by atoms with Crippen molar-refractivity contribution in [2.24, 2.45) is 0 Å². The summed E-state index contributed by atoms with van der Waals surface area (Å²) in [6, 6.07) is 10.7. The summed E-state index contributed by atoms with van der Waals surface area (Å²) in [7, 11) is 0. The zero-order valence-corrected chi connectivity index (χ0v) is 16.0. The largest absolute Gasteiger partial charge is 0.416 e. The number of aryl methyl sites for hydroxylation is 1. The second-order valence-electron chi connectivity index (χ2n) is 6.78. The van der Waals surface area contributed by atoms with E-state index in [0.717, 1.165) is 33.0 Å². The van der Waals surface area contributed by atoms with E-state index in [2.05, 4.69) is 4.90 Å². The van der Waals surface area contributed by atoms with Crippen LogP contribution in [0.25, 0.3) is 10.2 Å². The molecule has 3 aromatic rings. The molecule has 2 heterocycles. The van der Waals surface area contributed by atoms with Gasteiger partial charge in [-0.25, -0.2) is 4.98 Å². The SMILES string of the molecule is Cc1cccc2sc(N3CCN(C(=O)c4cccc(C(F)(F)F)c4)CC3)nc12. The summed E-state index contributed by atoms with van der Waals surface area (Å²) < 4.78 is 39.8. The number of hydrogen-bond donors (Lipinski definition) is 0. The number of piperazine rings is 1. The van der Waals surface area contributed by atoms with Crippen molar-refractivity contribution in [3.05, 3.63) is 59.2 Å². The van der Waals surface area contributed by atoms with E-state index in [0.29, 0.717) is 26.2 Å². The molecule has 1 aliphatic heterocycles. The number of hydrogen-bond acceptors (Lipinski definition) is 4. The van der Waals surface area contributed by atoms with Gasteiger partial charge in [0.05, 0.1) is 15.8 Å². The van der Waals surface area contributed by atoms with E-state index >= 15 is 0 Å². The number of para-hydroxylation sites is 1. The van der Waals surface area contributed by atoms with E-state index in [1.165, 1.54) is 12.1 Å². The van der Waals surface area contributed by atoms with Gasteiger partial charge in [0.2, 0.25) is 0 Å². The number of amides is 1. The molecule has 1 fully saturated rings. The van der Waals surface area contributed by atoms with Crippen LogP contribution in [-0.4, -0.2) is 42.0 Å². The van der Waals surface area contributed by atoms with Gasteiger partial charge in [0, 0.05) is 31.7 Å². The molecule has 1 aromatic heterocycles. The maximum Gasteiger partial charge on any atom is 0.416 e. The topological polar surface area (TPSA) is 36.4 Å². The number of aromatic nitrogens is 1. The van der Waals surface area contributed by atoms with Gasteiger partial charge < -0.3 is 9.80 Å². The predicted octanol–water partition coefficient (Wildman–Crippen LogP) is 4.59. The molecular formula is C20H18F3N3OS. The Hall–Kier alpha value is -2.61. The zero-order chi connectivity index (χ0) is 19.9. The van der Waals surface area contributed by atoms with Crippen molar-refractivity contribution >= 4 is 32.6 Å². The number of anilines is 1. The lowest BCUT2D eigenvalue weighted by Gasteiger charge is -2.34. The van der Waals surface area contributed by atoms with Gasteiger partial charge in [-0.3, -0.25) is 4.79 Å². The van der Waals surface area contributed by atoms with E-state index in [1.807, 2.05) is 25.1 Å². The number of thiazole rings is 1. The highest BCUT2D eigenvalue weighted by atomic mass is 32.1. The summed E-state index contributed by atoms with van der Waals surface area (Å²) in [6.45, 7) is 4.12. The smallest absolute Gasteiger partial charge is 0.345 e. The molecule has 0 aliphatic carbocycles. The number of nitrogens with zero attached hydrogens (tertiary/aromatic N) is 3. The van der Waals surface area contributed by atoms with Gasteiger partial charge in [0.15, 0.2) is 5.13 Å². The normalized spacial score (nSPS) is 15.3. The number of halogens is 3. The van der Waals surface area contributed by atoms with Gasteiger partial charge in [0.25, 0.3) is 5.91 Å². The van der Waals surface area contributed by atoms with E-state index in [-0.39, 0.29) is 11.5 Å². The van der Waals surface area contributed by atoms with Crippen LogP contribution >= 0.6 is 11.3 Å². The number of rotatable bonds is 2. The lowest BCUT2D eigenvalue weighted by atomic mass is 10.1. The molecule has 1 saturated heterocycles. The average molecular weight is 405 g/mol. The Morgan fingerprint density at radius 1 is 1.07 bits per heavy atom. The highest BCUT2D eigenvalue weighted by Gasteiger charge is 2.32. The van der Waals surface area contributed by atoms with E-state index < -0.39 is 11.7 Å². The number of carbonyl (C=O) groups excluding carboxylic acids is 1. The molecule has 0 bridgehead atoms. The summed E-state index contributed by atoms with van der Waals surface area (Å²) in [6.07, 6.45) is -4.46. The molecular weight excluding hydrogens is 387 g/mol. The zero-order valence-electron chi connectivity index (χ0n) is 15.2. The fourth-order valence-corrected chi connectivity index (χ4v) is 4.42. The van der Waals surface area contributed by atoms with Crippen LogP contribution in [-0.2, 0) is 6.18 Å². The first kappa shape index (κ1) is 18.7. The Bertz CT molecular complexity index is 1020. The van der Waals surface area contributed by atoms with Crippen molar-refractivity contribution in [1.82, 2.24) is 9.88 Å². The Balaban J connectivity index is 1.46. The molecule has 1 amide bonds. The van der Waals surface area contributed by atoms with Crippen molar-refractivity contribution < 1.29 is 18.0 Å². The van der Waals surface area contributed by atoms with Crippen molar-refractivity contribution in [3.63, 3.8) is 0 Å². The van der Waals surface area contributed by atoms with Crippen LogP contribution < -0.4 is 4.90 Å². The molecule has 8 heteroatoms. The second-order valence-corrected chi connectivity index (χ2v) is 7.79. The summed E-state index contributed by atoms with van der Waals surface area (Å²) >= 11 is 1.62. The molecule has 2 aromatic carbocycles. The minimum absolute atomic E-state index is 0.0684. The Morgan fingerprint density at radius 3 is 2.46 bits per heavy atom. The van der Waals surface area contributed by atoms with Crippen molar-refractivity contribution in [2.45, 2.75) is 13.1 Å². The fourth-order valence-electron chi connectivity index (χ4n) is 3.32. The second kappa shape index (κ2) is 7.09. The lowest BCUT2D eigenvalue weighted by molar-refractivity contribution is -0.137. The molecule has 4 rings (SSSR count). The molecule has 1 aliphatic rings. The highest BCUT2D eigenvalue weighted by molar-refractivity contribution is 7.22. The maximum atomic E-state index is 12.9. The summed E-state index contributed by atoms with van der Waals surface area (Å²) in [5.74, 6) is -0.370. The summed E-state index contributed by atoms with van der Waals surface area (Å²) in [5.41, 5.74) is 1.38. The molecule has 0 spiro atoms. The van der Waals surface area contributed by atoms with Gasteiger partial charge >= 0.3 is 6.18 Å². The van der Waals surface area contributed by atoms with E-state index in [4.69, 9.17) is 4.98 Å². The maximum absolute atomic E-state index is 12.9. The van der Waals surface area contributed by atoms with Crippen molar-refractivity contribution in [3.8, 4) is 0 Å². The standard InChI is InChI=1S/C20H18F3N3OS/c1-13-4-2-7-16-17(13)24-19(28-16)26-10-8-25(9-11-26)18(27)14-5-3-6-15(12-14)20(21,22)23/h2-7,12H,8-11H2,1H3. The third kappa shape index (κ3) is 3.56. The van der Waals surface area contributed by atoms with Crippen LogP contribution in [0.2, 0.25) is 0 Å². The minimum atomic E-state index is -4.46. The monoisotopic (exact) mass is 405 g/mol. The van der Waals surface area contributed by atoms with Crippen molar-refractivity contribution in [1.29, 1.82) is 0 Å². The summed E-state index contributed by atoms with van der Waals surface area (Å²) in [5, 5.41) is 0.912. The van der Waals surface area contributed by atoms with Crippen LogP contribution in [0.4, 0.5) is 18.3 Å². The van der Waals surface area contributed by atoms with Crippen LogP contribution in [0.5, 0.6) is 0 Å². The molecule has 146 valence electrons. The molecule has 0 N–H and O–H groups in total. The molecule has 0 atom stereocenters. The lowest BCUT2D eigenvalue weighted by Crippen LogP contribution is -2.48. The van der Waals surface area contributed by atoms with Gasteiger partial charge in [0.1, 0.15) is 0 Å². The Labute approximate surface area is 164 Å². The van der Waals surface area contributed by atoms with Gasteiger partial charge in [-0.2, -0.15) is 13.2 Å². The first-order chi connectivity index (χ1) is 13.3. The molecule has 0 unspecified atom stereocenters. The Morgan fingerprint density at radius 2 is 1.79 bits per heavy atom.